The molecule has 4 aromatic rings. The maximum absolute atomic E-state index is 13.7. The summed E-state index contributed by atoms with van der Waals surface area (Å²) in [6.07, 6.45) is 2.74. The highest BCUT2D eigenvalue weighted by Gasteiger charge is 2.31. The van der Waals surface area contributed by atoms with Crippen molar-refractivity contribution in [3.63, 3.8) is 0 Å². The van der Waals surface area contributed by atoms with Crippen LogP contribution >= 0.6 is 15.9 Å². The smallest absolute Gasteiger partial charge is 0.342 e. The molecular formula is C27H22BrNO6S. The molecule has 1 aromatic heterocycles. The molecule has 0 radical (unpaired) electrons. The second-order valence-corrected chi connectivity index (χ2v) is 10.4. The van der Waals surface area contributed by atoms with Crippen molar-refractivity contribution < 1.29 is 27.2 Å². The van der Waals surface area contributed by atoms with Crippen molar-refractivity contribution in [1.29, 1.82) is 0 Å². The van der Waals surface area contributed by atoms with Crippen LogP contribution in [0.15, 0.2) is 92.7 Å². The molecule has 0 atom stereocenters. The van der Waals surface area contributed by atoms with Gasteiger partial charge in [-0.1, -0.05) is 46.3 Å². The molecule has 36 heavy (non-hydrogen) atoms. The van der Waals surface area contributed by atoms with Crippen molar-refractivity contribution in [3.8, 4) is 0 Å². The Morgan fingerprint density at radius 2 is 1.72 bits per heavy atom. The van der Waals surface area contributed by atoms with Gasteiger partial charge in [0.1, 0.15) is 16.9 Å². The van der Waals surface area contributed by atoms with E-state index in [1.807, 2.05) is 18.2 Å². The molecule has 0 bridgehead atoms. The maximum Gasteiger partial charge on any atom is 0.342 e. The largest absolute Gasteiger partial charge is 0.462 e. The SMILES string of the molecule is CCOC(=O)c1c(C)oc2ccc(N(C(=O)C=Cc3ccccc3)S(=O)(=O)c3ccc(Br)cc3)cc12. The summed E-state index contributed by atoms with van der Waals surface area (Å²) in [4.78, 5) is 25.9. The number of hydrogen-bond donors (Lipinski definition) is 0. The second-order valence-electron chi connectivity index (χ2n) is 7.74. The van der Waals surface area contributed by atoms with E-state index in [9.17, 15) is 18.0 Å². The van der Waals surface area contributed by atoms with Crippen LogP contribution in [0.2, 0.25) is 0 Å². The van der Waals surface area contributed by atoms with Gasteiger partial charge in [-0.2, -0.15) is 4.31 Å². The zero-order valence-electron chi connectivity index (χ0n) is 19.5. The number of nitrogens with zero attached hydrogens (tertiary/aromatic N) is 1. The molecule has 0 aliphatic heterocycles. The molecule has 0 N–H and O–H groups in total. The van der Waals surface area contributed by atoms with Crippen molar-refractivity contribution in [1.82, 2.24) is 0 Å². The number of halogens is 1. The summed E-state index contributed by atoms with van der Waals surface area (Å²) in [5.74, 6) is -1.04. The summed E-state index contributed by atoms with van der Waals surface area (Å²) in [5.41, 5.74) is 1.34. The van der Waals surface area contributed by atoms with Gasteiger partial charge in [-0.15, -0.1) is 0 Å². The highest BCUT2D eigenvalue weighted by atomic mass is 79.9. The van der Waals surface area contributed by atoms with Gasteiger partial charge >= 0.3 is 5.97 Å². The van der Waals surface area contributed by atoms with Crippen LogP contribution in [0.25, 0.3) is 17.0 Å². The quantitative estimate of drug-likeness (QED) is 0.197. The molecule has 0 unspecified atom stereocenters. The number of amides is 1. The maximum atomic E-state index is 13.7. The Hall–Kier alpha value is -3.69. The Bertz CT molecular complexity index is 1560. The molecule has 0 fully saturated rings. The Balaban J connectivity index is 1.87. The molecule has 184 valence electrons. The van der Waals surface area contributed by atoms with Gasteiger partial charge in [0, 0.05) is 15.9 Å². The lowest BCUT2D eigenvalue weighted by atomic mass is 10.1. The normalized spacial score (nSPS) is 11.6. The Morgan fingerprint density at radius 3 is 2.39 bits per heavy atom. The molecule has 7 nitrogen and oxygen atoms in total. The molecular weight excluding hydrogens is 546 g/mol. The van der Waals surface area contributed by atoms with Crippen LogP contribution in [0.5, 0.6) is 0 Å². The predicted octanol–water partition coefficient (Wildman–Crippen LogP) is 6.12. The minimum atomic E-state index is -4.31. The number of furan rings is 1. The average Bonchev–Trinajstić information content (AvgIpc) is 3.19. The van der Waals surface area contributed by atoms with Gasteiger partial charge in [0.05, 0.1) is 17.2 Å². The van der Waals surface area contributed by atoms with Crippen molar-refractivity contribution in [2.24, 2.45) is 0 Å². The molecule has 0 saturated heterocycles. The van der Waals surface area contributed by atoms with Gasteiger partial charge in [-0.25, -0.2) is 13.2 Å². The summed E-state index contributed by atoms with van der Waals surface area (Å²) in [6, 6.07) is 19.5. The molecule has 4 rings (SSSR count). The van der Waals surface area contributed by atoms with Gasteiger partial charge in [-0.3, -0.25) is 4.79 Å². The topological polar surface area (TPSA) is 93.9 Å². The zero-order valence-corrected chi connectivity index (χ0v) is 21.9. The lowest BCUT2D eigenvalue weighted by Crippen LogP contribution is -2.35. The third kappa shape index (κ3) is 5.12. The summed E-state index contributed by atoms with van der Waals surface area (Å²) < 4.78 is 39.6. The molecule has 0 aliphatic carbocycles. The first-order valence-corrected chi connectivity index (χ1v) is 13.2. The summed E-state index contributed by atoms with van der Waals surface area (Å²) >= 11 is 3.30. The van der Waals surface area contributed by atoms with E-state index in [4.69, 9.17) is 9.15 Å². The molecule has 3 aromatic carbocycles. The molecule has 9 heteroatoms. The van der Waals surface area contributed by atoms with E-state index in [1.165, 1.54) is 42.5 Å². The Morgan fingerprint density at radius 1 is 1.03 bits per heavy atom. The van der Waals surface area contributed by atoms with Crippen LogP contribution in [0, 0.1) is 6.92 Å². The monoisotopic (exact) mass is 567 g/mol. The van der Waals surface area contributed by atoms with E-state index in [1.54, 1.807) is 38.1 Å². The summed E-state index contributed by atoms with van der Waals surface area (Å²) in [6.45, 7) is 3.47. The van der Waals surface area contributed by atoms with E-state index in [2.05, 4.69) is 15.9 Å². The minimum Gasteiger partial charge on any atom is -0.462 e. The fourth-order valence-electron chi connectivity index (χ4n) is 3.69. The van der Waals surface area contributed by atoms with Gasteiger partial charge < -0.3 is 9.15 Å². The highest BCUT2D eigenvalue weighted by molar-refractivity contribution is 9.10. The van der Waals surface area contributed by atoms with Crippen molar-refractivity contribution in [2.75, 3.05) is 10.9 Å². The number of anilines is 1. The van der Waals surface area contributed by atoms with Gasteiger partial charge in [0.25, 0.3) is 15.9 Å². The molecule has 1 heterocycles. The Kier molecular flexibility index (Phi) is 7.42. The number of ether oxygens (including phenoxy) is 1. The number of sulfonamides is 1. The van der Waals surface area contributed by atoms with Crippen LogP contribution in [0.3, 0.4) is 0 Å². The highest BCUT2D eigenvalue weighted by Crippen LogP contribution is 2.33. The van der Waals surface area contributed by atoms with E-state index < -0.39 is 21.9 Å². The fourth-order valence-corrected chi connectivity index (χ4v) is 5.33. The zero-order chi connectivity index (χ0) is 25.9. The first kappa shape index (κ1) is 25.4. The third-order valence-electron chi connectivity index (χ3n) is 5.33. The number of benzene rings is 3. The van der Waals surface area contributed by atoms with Crippen LogP contribution < -0.4 is 4.31 Å². The van der Waals surface area contributed by atoms with E-state index in [0.29, 0.717) is 25.5 Å². The lowest BCUT2D eigenvalue weighted by Gasteiger charge is -2.21. The second kappa shape index (κ2) is 10.5. The van der Waals surface area contributed by atoms with E-state index in [0.717, 1.165) is 5.56 Å². The molecule has 1 amide bonds. The number of rotatable bonds is 7. The van der Waals surface area contributed by atoms with Crippen molar-refractivity contribution in [3.05, 3.63) is 100 Å². The number of carbonyl (C=O) groups is 2. The standard InChI is InChI=1S/C27H22BrNO6S/c1-3-34-27(31)26-18(2)35-24-15-12-21(17-23(24)26)29(25(30)16-9-19-7-5-4-6-8-19)36(32,33)22-13-10-20(28)11-14-22/h4-17H,3H2,1-2H3. The van der Waals surface area contributed by atoms with Crippen LogP contribution in [0.4, 0.5) is 5.69 Å². The molecule has 0 saturated carbocycles. The van der Waals surface area contributed by atoms with Crippen LogP contribution in [0.1, 0.15) is 28.6 Å². The van der Waals surface area contributed by atoms with E-state index >= 15 is 0 Å². The Labute approximate surface area is 217 Å². The summed E-state index contributed by atoms with van der Waals surface area (Å²) in [7, 11) is -4.31. The van der Waals surface area contributed by atoms with E-state index in [-0.39, 0.29) is 22.8 Å². The number of fused-ring (bicyclic) bond motifs is 1. The molecule has 0 spiro atoms. The lowest BCUT2D eigenvalue weighted by molar-refractivity contribution is -0.113. The average molecular weight is 568 g/mol. The first-order valence-electron chi connectivity index (χ1n) is 11.0. The molecule has 0 aliphatic rings. The number of carbonyl (C=O) groups excluding carboxylic acids is 2. The van der Waals surface area contributed by atoms with Crippen molar-refractivity contribution >= 4 is 60.6 Å². The number of esters is 1. The minimum absolute atomic E-state index is 0.0551. The number of aryl methyl sites for hydroxylation is 1. The fraction of sp³-hybridized carbons (Fsp3) is 0.111. The van der Waals surface area contributed by atoms with Gasteiger partial charge in [0.2, 0.25) is 0 Å². The first-order chi connectivity index (χ1) is 17.2. The predicted molar refractivity (Wildman–Crippen MR) is 141 cm³/mol. The van der Waals surface area contributed by atoms with Gasteiger partial charge in [-0.05, 0) is 68.0 Å². The summed E-state index contributed by atoms with van der Waals surface area (Å²) in [5, 5.41) is 0.347. The van der Waals surface area contributed by atoms with Crippen LogP contribution in [-0.2, 0) is 19.6 Å². The van der Waals surface area contributed by atoms with Crippen LogP contribution in [-0.4, -0.2) is 26.9 Å². The van der Waals surface area contributed by atoms with Gasteiger partial charge in [0.15, 0.2) is 0 Å². The third-order valence-corrected chi connectivity index (χ3v) is 7.60. The van der Waals surface area contributed by atoms with Crippen molar-refractivity contribution in [2.45, 2.75) is 18.7 Å². The number of hydrogen-bond acceptors (Lipinski definition) is 6.